The summed E-state index contributed by atoms with van der Waals surface area (Å²) in [5, 5.41) is 0. The van der Waals surface area contributed by atoms with Crippen LogP contribution < -0.4 is 0 Å². The summed E-state index contributed by atoms with van der Waals surface area (Å²) >= 11 is 0. The molecule has 0 N–H and O–H groups in total. The van der Waals surface area contributed by atoms with Crippen LogP contribution in [0.15, 0.2) is 0 Å². The Balaban J connectivity index is 2.14. The first-order chi connectivity index (χ1) is 6.59. The second kappa shape index (κ2) is 3.87. The molecule has 4 unspecified atom stereocenters. The highest BCUT2D eigenvalue weighted by Crippen LogP contribution is 2.52. The SMILES string of the molecule is CC(C)C1CC2CCC(C2)C1C(C)C. The van der Waals surface area contributed by atoms with Crippen molar-refractivity contribution in [2.45, 2.75) is 53.4 Å². The van der Waals surface area contributed by atoms with Gasteiger partial charge in [-0.3, -0.25) is 0 Å². The van der Waals surface area contributed by atoms with E-state index in [9.17, 15) is 0 Å². The lowest BCUT2D eigenvalue weighted by Gasteiger charge is -2.41. The van der Waals surface area contributed by atoms with Crippen molar-refractivity contribution < 1.29 is 0 Å². The fourth-order valence-corrected chi connectivity index (χ4v) is 4.32. The van der Waals surface area contributed by atoms with E-state index < -0.39 is 0 Å². The topological polar surface area (TPSA) is 0 Å². The molecule has 4 atom stereocenters. The van der Waals surface area contributed by atoms with Crippen LogP contribution in [0.5, 0.6) is 0 Å². The van der Waals surface area contributed by atoms with Crippen molar-refractivity contribution in [2.24, 2.45) is 35.5 Å². The first kappa shape index (κ1) is 10.5. The highest BCUT2D eigenvalue weighted by atomic mass is 14.5. The molecule has 2 aliphatic carbocycles. The predicted octanol–water partition coefficient (Wildman–Crippen LogP) is 4.35. The van der Waals surface area contributed by atoms with Gasteiger partial charge in [-0.05, 0) is 54.8 Å². The Morgan fingerprint density at radius 2 is 1.57 bits per heavy atom. The van der Waals surface area contributed by atoms with E-state index in [-0.39, 0.29) is 0 Å². The maximum Gasteiger partial charge on any atom is -0.0332 e. The van der Waals surface area contributed by atoms with Gasteiger partial charge in [-0.25, -0.2) is 0 Å². The summed E-state index contributed by atoms with van der Waals surface area (Å²) in [6.45, 7) is 9.76. The van der Waals surface area contributed by atoms with Gasteiger partial charge in [0, 0.05) is 0 Å². The van der Waals surface area contributed by atoms with E-state index in [2.05, 4.69) is 27.7 Å². The van der Waals surface area contributed by atoms with Crippen LogP contribution in [-0.2, 0) is 0 Å². The molecule has 14 heavy (non-hydrogen) atoms. The molecule has 0 aromatic carbocycles. The Morgan fingerprint density at radius 1 is 0.857 bits per heavy atom. The molecule has 0 spiro atoms. The largest absolute Gasteiger partial charge is 0.0625 e. The Bertz CT molecular complexity index is 192. The van der Waals surface area contributed by atoms with Gasteiger partial charge in [0.05, 0.1) is 0 Å². The fourth-order valence-electron chi connectivity index (χ4n) is 4.32. The third-order valence-electron chi connectivity index (χ3n) is 4.85. The van der Waals surface area contributed by atoms with Crippen LogP contribution in [0.4, 0.5) is 0 Å². The molecular weight excluding hydrogens is 168 g/mol. The van der Waals surface area contributed by atoms with E-state index in [0.717, 1.165) is 35.5 Å². The second-order valence-electron chi connectivity index (χ2n) is 6.40. The summed E-state index contributed by atoms with van der Waals surface area (Å²) in [6, 6.07) is 0. The Kier molecular flexibility index (Phi) is 2.91. The quantitative estimate of drug-likeness (QED) is 0.613. The summed E-state index contributed by atoms with van der Waals surface area (Å²) in [7, 11) is 0. The monoisotopic (exact) mass is 194 g/mol. The van der Waals surface area contributed by atoms with Crippen LogP contribution in [0.25, 0.3) is 0 Å². The number of fused-ring (bicyclic) bond motifs is 2. The molecule has 0 radical (unpaired) electrons. The molecule has 2 aliphatic rings. The van der Waals surface area contributed by atoms with Crippen molar-refractivity contribution in [3.05, 3.63) is 0 Å². The maximum atomic E-state index is 2.44. The Hall–Kier alpha value is 0. The van der Waals surface area contributed by atoms with Crippen LogP contribution in [0.3, 0.4) is 0 Å². The first-order valence-corrected chi connectivity index (χ1v) is 6.59. The lowest BCUT2D eigenvalue weighted by atomic mass is 9.64. The van der Waals surface area contributed by atoms with Gasteiger partial charge in [0.25, 0.3) is 0 Å². The Morgan fingerprint density at radius 3 is 2.14 bits per heavy atom. The second-order valence-corrected chi connectivity index (χ2v) is 6.40. The van der Waals surface area contributed by atoms with E-state index in [1.54, 1.807) is 6.42 Å². The highest BCUT2D eigenvalue weighted by Gasteiger charge is 2.43. The average Bonchev–Trinajstić information content (AvgIpc) is 2.46. The normalized spacial score (nSPS) is 42.4. The molecule has 0 nitrogen and oxygen atoms in total. The molecule has 2 fully saturated rings. The summed E-state index contributed by atoms with van der Waals surface area (Å²) in [5.74, 6) is 6.07. The molecule has 2 saturated carbocycles. The van der Waals surface area contributed by atoms with Gasteiger partial charge in [0.15, 0.2) is 0 Å². The van der Waals surface area contributed by atoms with Gasteiger partial charge in [-0.2, -0.15) is 0 Å². The van der Waals surface area contributed by atoms with Crippen LogP contribution in [0, 0.1) is 35.5 Å². The number of hydrogen-bond donors (Lipinski definition) is 0. The molecule has 0 heteroatoms. The van der Waals surface area contributed by atoms with Crippen LogP contribution in [0.2, 0.25) is 0 Å². The minimum atomic E-state index is 0.908. The highest BCUT2D eigenvalue weighted by molar-refractivity contribution is 4.93. The maximum absolute atomic E-state index is 2.44. The van der Waals surface area contributed by atoms with E-state index in [1.165, 1.54) is 19.3 Å². The number of rotatable bonds is 2. The first-order valence-electron chi connectivity index (χ1n) is 6.59. The van der Waals surface area contributed by atoms with Gasteiger partial charge in [-0.1, -0.05) is 34.1 Å². The van der Waals surface area contributed by atoms with Crippen molar-refractivity contribution in [2.75, 3.05) is 0 Å². The van der Waals surface area contributed by atoms with Crippen molar-refractivity contribution in [1.29, 1.82) is 0 Å². The van der Waals surface area contributed by atoms with Crippen molar-refractivity contribution in [1.82, 2.24) is 0 Å². The molecule has 2 rings (SSSR count). The van der Waals surface area contributed by atoms with E-state index >= 15 is 0 Å². The summed E-state index contributed by atoms with van der Waals surface area (Å²) in [5.41, 5.74) is 0. The molecule has 0 saturated heterocycles. The summed E-state index contributed by atoms with van der Waals surface area (Å²) in [6.07, 6.45) is 6.18. The molecule has 0 aromatic rings. The molecule has 0 aliphatic heterocycles. The summed E-state index contributed by atoms with van der Waals surface area (Å²) in [4.78, 5) is 0. The standard InChI is InChI=1S/C14H26/c1-9(2)13-8-11-5-6-12(7-11)14(13)10(3)4/h9-14H,5-8H2,1-4H3. The van der Waals surface area contributed by atoms with Crippen molar-refractivity contribution in [3.63, 3.8) is 0 Å². The third-order valence-corrected chi connectivity index (χ3v) is 4.85. The van der Waals surface area contributed by atoms with E-state index in [1.807, 2.05) is 0 Å². The van der Waals surface area contributed by atoms with Gasteiger partial charge >= 0.3 is 0 Å². The van der Waals surface area contributed by atoms with Gasteiger partial charge < -0.3 is 0 Å². The third kappa shape index (κ3) is 1.73. The van der Waals surface area contributed by atoms with E-state index in [4.69, 9.17) is 0 Å². The van der Waals surface area contributed by atoms with Gasteiger partial charge in [-0.15, -0.1) is 0 Å². The number of hydrogen-bond acceptors (Lipinski definition) is 0. The minimum Gasteiger partial charge on any atom is -0.0625 e. The Labute approximate surface area is 89.5 Å². The smallest absolute Gasteiger partial charge is 0.0332 e. The van der Waals surface area contributed by atoms with Crippen molar-refractivity contribution >= 4 is 0 Å². The lowest BCUT2D eigenvalue weighted by Crippen LogP contribution is -2.34. The zero-order valence-corrected chi connectivity index (χ0v) is 10.3. The fraction of sp³-hybridized carbons (Fsp3) is 1.00. The van der Waals surface area contributed by atoms with E-state index in [0.29, 0.717) is 0 Å². The predicted molar refractivity (Wildman–Crippen MR) is 62.1 cm³/mol. The zero-order chi connectivity index (χ0) is 10.3. The lowest BCUT2D eigenvalue weighted by molar-refractivity contribution is 0.0767. The average molecular weight is 194 g/mol. The van der Waals surface area contributed by atoms with Crippen molar-refractivity contribution in [3.8, 4) is 0 Å². The molecule has 82 valence electrons. The van der Waals surface area contributed by atoms with Crippen LogP contribution in [0.1, 0.15) is 53.4 Å². The zero-order valence-electron chi connectivity index (χ0n) is 10.3. The van der Waals surface area contributed by atoms with Crippen LogP contribution in [-0.4, -0.2) is 0 Å². The molecule has 0 amide bonds. The van der Waals surface area contributed by atoms with Gasteiger partial charge in [0.2, 0.25) is 0 Å². The van der Waals surface area contributed by atoms with Crippen LogP contribution >= 0.6 is 0 Å². The van der Waals surface area contributed by atoms with Gasteiger partial charge in [0.1, 0.15) is 0 Å². The molecule has 2 bridgehead atoms. The summed E-state index contributed by atoms with van der Waals surface area (Å²) < 4.78 is 0. The minimum absolute atomic E-state index is 0.908. The molecular formula is C14H26. The molecule has 0 aromatic heterocycles. The molecule has 0 heterocycles.